The van der Waals surface area contributed by atoms with E-state index in [2.05, 4.69) is 10.4 Å². The maximum Gasteiger partial charge on any atom is 0.254 e. The zero-order valence-electron chi connectivity index (χ0n) is 16.7. The monoisotopic (exact) mass is 434 g/mol. The van der Waals surface area contributed by atoms with Crippen LogP contribution in [0.1, 0.15) is 37.1 Å². The minimum Gasteiger partial charge on any atom is -0.383 e. The summed E-state index contributed by atoms with van der Waals surface area (Å²) in [6.45, 7) is 5.13. The number of allylic oxidation sites excluding steroid dienone is 1. The van der Waals surface area contributed by atoms with Crippen LogP contribution >= 0.6 is 23.2 Å². The van der Waals surface area contributed by atoms with Crippen molar-refractivity contribution in [2.45, 2.75) is 38.8 Å². The zero-order valence-corrected chi connectivity index (χ0v) is 18.2. The fourth-order valence-corrected chi connectivity index (χ4v) is 4.59. The van der Waals surface area contributed by atoms with Gasteiger partial charge in [-0.25, -0.2) is 4.68 Å². The van der Waals surface area contributed by atoms with Crippen LogP contribution in [0.4, 0.5) is 5.82 Å². The van der Waals surface area contributed by atoms with Crippen LogP contribution in [0.5, 0.6) is 0 Å². The normalized spacial score (nSPS) is 21.3. The summed E-state index contributed by atoms with van der Waals surface area (Å²) in [6, 6.07) is 7.16. The molecule has 2 aromatic rings. The van der Waals surface area contributed by atoms with Gasteiger partial charge < -0.3 is 15.0 Å². The number of hydrogen-bond acceptors (Lipinski definition) is 4. The number of nitrogens with one attached hydrogen (secondary N) is 1. The van der Waals surface area contributed by atoms with Crippen LogP contribution in [0.3, 0.4) is 0 Å². The van der Waals surface area contributed by atoms with Crippen LogP contribution < -0.4 is 5.32 Å². The van der Waals surface area contributed by atoms with Crippen LogP contribution in [-0.4, -0.2) is 46.9 Å². The maximum atomic E-state index is 13.7. The Hall–Kier alpha value is -2.02. The van der Waals surface area contributed by atoms with Gasteiger partial charge in [-0.15, -0.1) is 0 Å². The highest BCUT2D eigenvalue weighted by molar-refractivity contribution is 6.42. The number of fused-ring (bicyclic) bond motifs is 1. The van der Waals surface area contributed by atoms with E-state index in [1.165, 1.54) is 0 Å². The number of benzene rings is 1. The van der Waals surface area contributed by atoms with E-state index in [4.69, 9.17) is 27.9 Å². The van der Waals surface area contributed by atoms with Gasteiger partial charge in [0.1, 0.15) is 11.9 Å². The average molecular weight is 435 g/mol. The number of aromatic nitrogens is 2. The van der Waals surface area contributed by atoms with E-state index in [9.17, 15) is 4.79 Å². The summed E-state index contributed by atoms with van der Waals surface area (Å²) in [7, 11) is 1.67. The highest BCUT2D eigenvalue weighted by Gasteiger charge is 2.38. The van der Waals surface area contributed by atoms with Gasteiger partial charge in [0, 0.05) is 25.4 Å². The molecular weight excluding hydrogens is 411 g/mol. The number of hydrogen-bond donors (Lipinski definition) is 1. The molecule has 1 amide bonds. The summed E-state index contributed by atoms with van der Waals surface area (Å²) in [6.07, 6.45) is 1.92. The van der Waals surface area contributed by atoms with Crippen molar-refractivity contribution in [1.82, 2.24) is 14.7 Å². The predicted octanol–water partition coefficient (Wildman–Crippen LogP) is 4.42. The Morgan fingerprint density at radius 3 is 2.79 bits per heavy atom. The molecule has 1 N–H and O–H groups in total. The highest BCUT2D eigenvalue weighted by atomic mass is 35.5. The molecule has 29 heavy (non-hydrogen) atoms. The molecule has 2 atom stereocenters. The summed E-state index contributed by atoms with van der Waals surface area (Å²) in [5.74, 6) is 0.854. The van der Waals surface area contributed by atoms with Crippen LogP contribution in [0, 0.1) is 6.92 Å². The first-order chi connectivity index (χ1) is 13.9. The smallest absolute Gasteiger partial charge is 0.254 e. The molecule has 0 bridgehead atoms. The summed E-state index contributed by atoms with van der Waals surface area (Å²) >= 11 is 12.5. The van der Waals surface area contributed by atoms with Crippen LogP contribution in [0.15, 0.2) is 35.5 Å². The number of carbonyl (C=O) groups is 1. The van der Waals surface area contributed by atoms with Gasteiger partial charge in [-0.2, -0.15) is 5.10 Å². The first-order valence-corrected chi connectivity index (χ1v) is 10.4. The first-order valence-electron chi connectivity index (χ1n) is 9.69. The Labute approximate surface area is 180 Å². The van der Waals surface area contributed by atoms with Gasteiger partial charge >= 0.3 is 0 Å². The second-order valence-corrected chi connectivity index (χ2v) is 8.42. The number of anilines is 1. The molecule has 0 radical (unpaired) electrons. The molecule has 1 unspecified atom stereocenters. The summed E-state index contributed by atoms with van der Waals surface area (Å²) in [4.78, 5) is 15.6. The minimum atomic E-state index is -0.383. The lowest BCUT2D eigenvalue weighted by Gasteiger charge is -2.33. The molecule has 8 heteroatoms. The van der Waals surface area contributed by atoms with Gasteiger partial charge in [0.2, 0.25) is 0 Å². The Balaban J connectivity index is 1.81. The number of aryl methyl sites for hydroxylation is 1. The van der Waals surface area contributed by atoms with Crippen molar-refractivity contribution >= 4 is 34.9 Å². The number of halogens is 2. The standard InChI is InChI=1S/C21H24Cl2N4O2/c1-12-9-18-24-13(2)19(21(28)26-8-4-5-15(26)11-29-3)20(27(18)25-12)14-6-7-16(22)17(23)10-14/h6-7,9-10,15,20,24H,4-5,8,11H2,1-3H3/t15-,20?/m0/s1. The van der Waals surface area contributed by atoms with Crippen molar-refractivity contribution in [1.29, 1.82) is 0 Å². The zero-order chi connectivity index (χ0) is 20.7. The second kappa shape index (κ2) is 8.01. The van der Waals surface area contributed by atoms with E-state index in [-0.39, 0.29) is 18.0 Å². The van der Waals surface area contributed by atoms with Crippen LogP contribution in [-0.2, 0) is 9.53 Å². The number of carbonyl (C=O) groups excluding carboxylic acids is 1. The van der Waals surface area contributed by atoms with Gasteiger partial charge in [-0.05, 0) is 44.4 Å². The summed E-state index contributed by atoms with van der Waals surface area (Å²) in [5, 5.41) is 8.94. The molecular formula is C21H24Cl2N4O2. The first kappa shape index (κ1) is 20.3. The highest BCUT2D eigenvalue weighted by Crippen LogP contribution is 2.39. The molecule has 0 spiro atoms. The van der Waals surface area contributed by atoms with Gasteiger partial charge in [0.15, 0.2) is 0 Å². The number of methoxy groups -OCH3 is 1. The number of nitrogens with zero attached hydrogens (tertiary/aromatic N) is 3. The van der Waals surface area contributed by atoms with Crippen molar-refractivity contribution in [3.8, 4) is 0 Å². The molecule has 154 valence electrons. The van der Waals surface area contributed by atoms with Crippen LogP contribution in [0.25, 0.3) is 0 Å². The Bertz CT molecular complexity index is 985. The predicted molar refractivity (Wildman–Crippen MR) is 114 cm³/mol. The quantitative estimate of drug-likeness (QED) is 0.773. The second-order valence-electron chi connectivity index (χ2n) is 7.61. The third-order valence-electron chi connectivity index (χ3n) is 5.58. The number of ether oxygens (including phenoxy) is 1. The molecule has 1 fully saturated rings. The van der Waals surface area contributed by atoms with E-state index >= 15 is 0 Å². The topological polar surface area (TPSA) is 59.4 Å². The molecule has 1 aromatic heterocycles. The Morgan fingerprint density at radius 2 is 2.07 bits per heavy atom. The summed E-state index contributed by atoms with van der Waals surface area (Å²) < 4.78 is 7.20. The van der Waals surface area contributed by atoms with Gasteiger partial charge in [-0.3, -0.25) is 4.79 Å². The lowest BCUT2D eigenvalue weighted by Crippen LogP contribution is -2.42. The van der Waals surface area contributed by atoms with E-state index in [1.807, 2.05) is 41.6 Å². The molecule has 4 rings (SSSR count). The Kier molecular flexibility index (Phi) is 5.60. The lowest BCUT2D eigenvalue weighted by atomic mass is 9.94. The third-order valence-corrected chi connectivity index (χ3v) is 6.32. The number of amides is 1. The van der Waals surface area contributed by atoms with Gasteiger partial charge in [-0.1, -0.05) is 29.3 Å². The molecule has 6 nitrogen and oxygen atoms in total. The van der Waals surface area contributed by atoms with E-state index < -0.39 is 0 Å². The molecule has 3 heterocycles. The average Bonchev–Trinajstić information content (AvgIpc) is 3.28. The lowest BCUT2D eigenvalue weighted by molar-refractivity contribution is -0.129. The molecule has 1 saturated heterocycles. The fourth-order valence-electron chi connectivity index (χ4n) is 4.28. The molecule has 2 aliphatic rings. The van der Waals surface area contributed by atoms with Crippen molar-refractivity contribution in [3.05, 3.63) is 56.8 Å². The number of likely N-dealkylation sites (tertiary alicyclic amines) is 1. The van der Waals surface area contributed by atoms with Gasteiger partial charge in [0.05, 0.1) is 34.0 Å². The maximum absolute atomic E-state index is 13.7. The van der Waals surface area contributed by atoms with Crippen molar-refractivity contribution < 1.29 is 9.53 Å². The van der Waals surface area contributed by atoms with E-state index in [1.54, 1.807) is 13.2 Å². The molecule has 0 aliphatic carbocycles. The molecule has 2 aliphatic heterocycles. The number of rotatable bonds is 4. The SMILES string of the molecule is COC[C@@H]1CCCN1C(=O)C1=C(C)Nc2cc(C)nn2C1c1ccc(Cl)c(Cl)c1. The minimum absolute atomic E-state index is 0.00410. The van der Waals surface area contributed by atoms with Crippen molar-refractivity contribution in [3.63, 3.8) is 0 Å². The summed E-state index contributed by atoms with van der Waals surface area (Å²) in [5.41, 5.74) is 3.23. The van der Waals surface area contributed by atoms with E-state index in [0.717, 1.165) is 42.2 Å². The van der Waals surface area contributed by atoms with Crippen molar-refractivity contribution in [2.75, 3.05) is 25.6 Å². The van der Waals surface area contributed by atoms with E-state index in [0.29, 0.717) is 22.2 Å². The van der Waals surface area contributed by atoms with Gasteiger partial charge in [0.25, 0.3) is 5.91 Å². The largest absolute Gasteiger partial charge is 0.383 e. The Morgan fingerprint density at radius 1 is 1.28 bits per heavy atom. The molecule has 1 aromatic carbocycles. The fraction of sp³-hybridized carbons (Fsp3) is 0.429. The van der Waals surface area contributed by atoms with Crippen molar-refractivity contribution in [2.24, 2.45) is 0 Å². The van der Waals surface area contributed by atoms with Crippen LogP contribution in [0.2, 0.25) is 10.0 Å². The molecule has 0 saturated carbocycles. The third kappa shape index (κ3) is 3.65.